The monoisotopic (exact) mass is 628 g/mol. The summed E-state index contributed by atoms with van der Waals surface area (Å²) in [4.78, 5) is 48.1. The summed E-state index contributed by atoms with van der Waals surface area (Å²) in [6.45, 7) is 4.31. The van der Waals surface area contributed by atoms with Crippen LogP contribution in [0.3, 0.4) is 0 Å². The van der Waals surface area contributed by atoms with E-state index in [-0.39, 0.29) is 18.2 Å². The molecular formula is C29H32N4O10S. The van der Waals surface area contributed by atoms with Crippen molar-refractivity contribution in [2.45, 2.75) is 63.0 Å². The summed E-state index contributed by atoms with van der Waals surface area (Å²) in [6, 6.07) is 15.9. The van der Waals surface area contributed by atoms with Gasteiger partial charge in [0.25, 0.3) is 0 Å². The number of amidine groups is 1. The number of phenols is 1. The van der Waals surface area contributed by atoms with Crippen LogP contribution in [0.1, 0.15) is 38.8 Å². The van der Waals surface area contributed by atoms with E-state index in [9.17, 15) is 24.3 Å². The zero-order chi connectivity index (χ0) is 31.8. The lowest BCUT2D eigenvalue weighted by Crippen LogP contribution is -2.62. The Morgan fingerprint density at radius 1 is 0.909 bits per heavy atom. The Morgan fingerprint density at radius 2 is 1.52 bits per heavy atom. The van der Waals surface area contributed by atoms with E-state index in [0.29, 0.717) is 5.56 Å². The Kier molecular flexibility index (Phi) is 10.8. The molecule has 0 bridgehead atoms. The Bertz CT molecular complexity index is 1420. The van der Waals surface area contributed by atoms with Crippen molar-refractivity contribution < 1.29 is 48.0 Å². The first-order chi connectivity index (χ1) is 21.0. The lowest BCUT2D eigenvalue weighted by atomic mass is 9.99. The van der Waals surface area contributed by atoms with Crippen molar-refractivity contribution in [2.75, 3.05) is 6.61 Å². The zero-order valence-electron chi connectivity index (χ0n) is 24.3. The summed E-state index contributed by atoms with van der Waals surface area (Å²) in [6.07, 6.45) is -3.40. The van der Waals surface area contributed by atoms with E-state index in [0.717, 1.165) is 31.2 Å². The van der Waals surface area contributed by atoms with Crippen molar-refractivity contribution in [3.8, 4) is 5.75 Å². The molecule has 6 atom stereocenters. The minimum absolute atomic E-state index is 0.0362. The summed E-state index contributed by atoms with van der Waals surface area (Å²) in [5, 5.41) is 21.1. The van der Waals surface area contributed by atoms with Crippen molar-refractivity contribution in [1.29, 1.82) is 0 Å². The second kappa shape index (κ2) is 14.7. The lowest BCUT2D eigenvalue weighted by Gasteiger charge is -2.44. The van der Waals surface area contributed by atoms with Crippen LogP contribution in [0.4, 0.5) is 0 Å². The van der Waals surface area contributed by atoms with E-state index in [1.54, 1.807) is 24.4 Å². The van der Waals surface area contributed by atoms with Gasteiger partial charge in [0.15, 0.2) is 29.6 Å². The molecule has 0 aliphatic carbocycles. The molecule has 0 saturated carbocycles. The van der Waals surface area contributed by atoms with E-state index in [1.807, 2.05) is 30.3 Å². The maximum absolute atomic E-state index is 12.2. The minimum Gasteiger partial charge on any atom is -0.507 e. The van der Waals surface area contributed by atoms with E-state index >= 15 is 0 Å². The third-order valence-electron chi connectivity index (χ3n) is 6.21. The highest BCUT2D eigenvalue weighted by Crippen LogP contribution is 2.38. The summed E-state index contributed by atoms with van der Waals surface area (Å²) in [5.74, 6) is -2.56. The highest BCUT2D eigenvalue weighted by molar-refractivity contribution is 8.00. The number of ether oxygens (including phenoxy) is 5. The van der Waals surface area contributed by atoms with Gasteiger partial charge in [-0.3, -0.25) is 24.6 Å². The van der Waals surface area contributed by atoms with Crippen molar-refractivity contribution in [3.05, 3.63) is 65.7 Å². The van der Waals surface area contributed by atoms with Crippen LogP contribution < -0.4 is 5.43 Å². The predicted molar refractivity (Wildman–Crippen MR) is 157 cm³/mol. The standard InChI is InChI=1S/C29H32N4O10S/c1-16(34)39-15-23-24(40-17(2)35)25(41-18(3)36)26(42-19(4)37)28(43-23)44-29-32-31-27(21-12-8-9-13-22(21)38)33(29)30-14-20-10-6-5-7-11-20/h5-14,23-26,28-29,32,38H,15H2,1-4H3/b30-14+/t23-,24-,25+,26-,28+,29?/m1/s1. The van der Waals surface area contributed by atoms with Crippen molar-refractivity contribution in [1.82, 2.24) is 10.4 Å². The summed E-state index contributed by atoms with van der Waals surface area (Å²) < 4.78 is 28.0. The molecule has 0 radical (unpaired) electrons. The number of hydrogen-bond donors (Lipinski definition) is 2. The number of hydrazone groups is 2. The van der Waals surface area contributed by atoms with Gasteiger partial charge in [0.1, 0.15) is 23.9 Å². The smallest absolute Gasteiger partial charge is 0.303 e. The number of aromatic hydroxyl groups is 1. The molecule has 234 valence electrons. The average molecular weight is 629 g/mol. The SMILES string of the molecule is CC(=O)OC[C@H]1O[C@@H](SC2NN=C(c3ccccc3O)N2/N=C/c2ccccc2)[C@H](OC(C)=O)[C@@H](OC(C)=O)[C@@H]1OC(C)=O. The summed E-state index contributed by atoms with van der Waals surface area (Å²) in [7, 11) is 0. The average Bonchev–Trinajstić information content (AvgIpc) is 3.36. The molecule has 2 aromatic rings. The highest BCUT2D eigenvalue weighted by Gasteiger charge is 2.53. The van der Waals surface area contributed by atoms with E-state index < -0.39 is 59.2 Å². The van der Waals surface area contributed by atoms with Crippen molar-refractivity contribution in [3.63, 3.8) is 0 Å². The lowest BCUT2D eigenvalue weighted by molar-refractivity contribution is -0.237. The molecule has 1 saturated heterocycles. The van der Waals surface area contributed by atoms with Crippen LogP contribution in [0.5, 0.6) is 5.75 Å². The second-order valence-electron chi connectivity index (χ2n) is 9.64. The number of esters is 4. The number of benzene rings is 2. The Labute approximate surface area is 257 Å². The number of rotatable bonds is 10. The third kappa shape index (κ3) is 8.26. The topological polar surface area (TPSA) is 175 Å². The second-order valence-corrected chi connectivity index (χ2v) is 10.8. The first-order valence-electron chi connectivity index (χ1n) is 13.5. The molecule has 1 fully saturated rings. The number of nitrogens with one attached hydrogen (secondary N) is 1. The van der Waals surface area contributed by atoms with E-state index in [4.69, 9.17) is 23.7 Å². The molecule has 4 rings (SSSR count). The molecule has 2 aliphatic heterocycles. The van der Waals surface area contributed by atoms with Gasteiger partial charge in [0.05, 0.1) is 11.8 Å². The molecule has 2 heterocycles. The molecule has 14 nitrogen and oxygen atoms in total. The van der Waals surface area contributed by atoms with Gasteiger partial charge in [0, 0.05) is 27.7 Å². The van der Waals surface area contributed by atoms with Gasteiger partial charge in [-0.05, 0) is 17.7 Å². The molecule has 15 heteroatoms. The van der Waals surface area contributed by atoms with Crippen LogP contribution in [0.2, 0.25) is 0 Å². The van der Waals surface area contributed by atoms with Crippen LogP contribution in [0.25, 0.3) is 0 Å². The van der Waals surface area contributed by atoms with Gasteiger partial charge in [-0.1, -0.05) is 54.2 Å². The van der Waals surface area contributed by atoms with Crippen LogP contribution in [0, 0.1) is 0 Å². The highest BCUT2D eigenvalue weighted by atomic mass is 32.2. The maximum Gasteiger partial charge on any atom is 0.303 e. The van der Waals surface area contributed by atoms with Gasteiger partial charge in [0.2, 0.25) is 0 Å². The van der Waals surface area contributed by atoms with Crippen molar-refractivity contribution in [2.24, 2.45) is 10.2 Å². The predicted octanol–water partition coefficient (Wildman–Crippen LogP) is 2.09. The fourth-order valence-electron chi connectivity index (χ4n) is 4.48. The zero-order valence-corrected chi connectivity index (χ0v) is 25.1. The number of carbonyl (C=O) groups excluding carboxylic acids is 4. The molecule has 0 amide bonds. The number of hydrogen-bond acceptors (Lipinski definition) is 15. The van der Waals surface area contributed by atoms with E-state index in [1.165, 1.54) is 24.9 Å². The minimum atomic E-state index is -1.33. The van der Waals surface area contributed by atoms with E-state index in [2.05, 4.69) is 15.6 Å². The van der Waals surface area contributed by atoms with Gasteiger partial charge in [-0.15, -0.1) is 0 Å². The molecule has 44 heavy (non-hydrogen) atoms. The van der Waals surface area contributed by atoms with Crippen molar-refractivity contribution >= 4 is 47.7 Å². The van der Waals surface area contributed by atoms with Gasteiger partial charge < -0.3 is 28.8 Å². The van der Waals surface area contributed by atoms with Crippen LogP contribution in [0.15, 0.2) is 64.8 Å². The van der Waals surface area contributed by atoms with Crippen LogP contribution >= 0.6 is 11.8 Å². The molecule has 2 aliphatic rings. The summed E-state index contributed by atoms with van der Waals surface area (Å²) >= 11 is 1.05. The van der Waals surface area contributed by atoms with Crippen LogP contribution in [-0.4, -0.2) is 88.0 Å². The van der Waals surface area contributed by atoms with Crippen LogP contribution in [-0.2, 0) is 42.9 Å². The molecule has 2 N–H and O–H groups in total. The molecule has 0 spiro atoms. The molecule has 2 aromatic carbocycles. The Hall–Kier alpha value is -4.63. The number of thioether (sulfide) groups is 1. The largest absolute Gasteiger partial charge is 0.507 e. The fraction of sp³-hybridized carbons (Fsp3) is 0.379. The number of nitrogens with zero attached hydrogens (tertiary/aromatic N) is 3. The fourth-order valence-corrected chi connectivity index (χ4v) is 5.69. The number of carbonyl (C=O) groups is 4. The summed E-state index contributed by atoms with van der Waals surface area (Å²) in [5.41, 5.74) is 2.22. The van der Waals surface area contributed by atoms with Gasteiger partial charge in [-0.25, -0.2) is 5.01 Å². The normalized spacial score (nSPS) is 24.6. The first kappa shape index (κ1) is 32.3. The number of para-hydroxylation sites is 1. The quantitative estimate of drug-likeness (QED) is 0.223. The van der Waals surface area contributed by atoms with Gasteiger partial charge >= 0.3 is 23.9 Å². The molecular weight excluding hydrogens is 596 g/mol. The van der Waals surface area contributed by atoms with Gasteiger partial charge in [-0.2, -0.15) is 10.2 Å². The third-order valence-corrected chi connectivity index (χ3v) is 7.42. The first-order valence-corrected chi connectivity index (χ1v) is 14.4. The Balaban J connectivity index is 1.71. The maximum atomic E-state index is 12.2. The number of phenolic OH excluding ortho intramolecular Hbond substituents is 1. The Morgan fingerprint density at radius 3 is 2.16 bits per heavy atom. The molecule has 0 aromatic heterocycles. The molecule has 1 unspecified atom stereocenters.